The van der Waals surface area contributed by atoms with Crippen LogP contribution in [0.2, 0.25) is 0 Å². The summed E-state index contributed by atoms with van der Waals surface area (Å²) in [4.78, 5) is 16.1. The number of carbonyl (C=O) groups excluding carboxylic acids is 1. The average Bonchev–Trinajstić information content (AvgIpc) is 2.56. The molecule has 0 aromatic heterocycles. The second-order valence-corrected chi connectivity index (χ2v) is 5.55. The first kappa shape index (κ1) is 16.9. The third-order valence-corrected chi connectivity index (χ3v) is 4.00. The lowest BCUT2D eigenvalue weighted by Gasteiger charge is -2.35. The zero-order valence-electron chi connectivity index (χ0n) is 13.3. The van der Waals surface area contributed by atoms with Crippen molar-refractivity contribution in [1.82, 2.24) is 9.80 Å². The molecule has 0 aliphatic carbocycles. The highest BCUT2D eigenvalue weighted by Gasteiger charge is 2.22. The summed E-state index contributed by atoms with van der Waals surface area (Å²) in [7, 11) is 0. The van der Waals surface area contributed by atoms with E-state index in [2.05, 4.69) is 4.90 Å². The fourth-order valence-electron chi connectivity index (χ4n) is 2.67. The Balaban J connectivity index is 1.72. The van der Waals surface area contributed by atoms with Crippen LogP contribution >= 0.6 is 0 Å². The maximum absolute atomic E-state index is 12.0. The van der Waals surface area contributed by atoms with Gasteiger partial charge in [-0.2, -0.15) is 0 Å². The lowest BCUT2D eigenvalue weighted by Crippen LogP contribution is -2.49. The highest BCUT2D eigenvalue weighted by Crippen LogP contribution is 2.15. The number of benzene rings is 1. The summed E-state index contributed by atoms with van der Waals surface area (Å²) >= 11 is 0. The van der Waals surface area contributed by atoms with Crippen LogP contribution in [0, 0.1) is 0 Å². The zero-order chi connectivity index (χ0) is 15.8. The van der Waals surface area contributed by atoms with E-state index in [1.165, 1.54) is 0 Å². The first-order chi connectivity index (χ1) is 10.7. The molecule has 1 N–H and O–H groups in total. The van der Waals surface area contributed by atoms with Crippen molar-refractivity contribution in [2.24, 2.45) is 0 Å². The summed E-state index contributed by atoms with van der Waals surface area (Å²) in [6, 6.07) is 9.71. The normalized spacial score (nSPS) is 17.5. The van der Waals surface area contributed by atoms with Crippen LogP contribution < -0.4 is 0 Å². The Bertz CT molecular complexity index is 444. The van der Waals surface area contributed by atoms with Gasteiger partial charge in [0.15, 0.2) is 0 Å². The maximum atomic E-state index is 12.0. The lowest BCUT2D eigenvalue weighted by molar-refractivity contribution is -0.134. The van der Waals surface area contributed by atoms with E-state index >= 15 is 0 Å². The van der Waals surface area contributed by atoms with Crippen LogP contribution in [0.25, 0.3) is 0 Å². The van der Waals surface area contributed by atoms with Crippen molar-refractivity contribution in [1.29, 1.82) is 0 Å². The topological polar surface area (TPSA) is 53.0 Å². The van der Waals surface area contributed by atoms with Gasteiger partial charge in [0.05, 0.1) is 19.1 Å². The fourth-order valence-corrected chi connectivity index (χ4v) is 2.67. The molecule has 0 radical (unpaired) electrons. The molecule has 1 aromatic carbocycles. The summed E-state index contributed by atoms with van der Waals surface area (Å²) in [6.45, 7) is 6.78. The van der Waals surface area contributed by atoms with E-state index < -0.39 is 6.10 Å². The summed E-state index contributed by atoms with van der Waals surface area (Å²) in [5.74, 6) is 0.164. The SMILES string of the molecule is CCOCCC(=O)N1CCN(CC(O)c2ccccc2)CC1. The quantitative estimate of drug-likeness (QED) is 0.771. The van der Waals surface area contributed by atoms with Crippen molar-refractivity contribution in [3.8, 4) is 0 Å². The predicted octanol–water partition coefficient (Wildman–Crippen LogP) is 1.29. The number of aliphatic hydroxyl groups is 1. The van der Waals surface area contributed by atoms with Crippen LogP contribution in [-0.4, -0.2) is 66.8 Å². The summed E-state index contributed by atoms with van der Waals surface area (Å²) in [5.41, 5.74) is 0.942. The molecular weight excluding hydrogens is 280 g/mol. The molecule has 5 nitrogen and oxygen atoms in total. The van der Waals surface area contributed by atoms with Crippen LogP contribution in [0.1, 0.15) is 25.0 Å². The zero-order valence-corrected chi connectivity index (χ0v) is 13.3. The molecule has 1 amide bonds. The molecule has 2 rings (SSSR count). The van der Waals surface area contributed by atoms with Gasteiger partial charge < -0.3 is 14.7 Å². The van der Waals surface area contributed by atoms with Gasteiger partial charge >= 0.3 is 0 Å². The van der Waals surface area contributed by atoms with E-state index in [1.54, 1.807) is 0 Å². The molecule has 0 saturated carbocycles. The number of piperazine rings is 1. The second-order valence-electron chi connectivity index (χ2n) is 5.55. The van der Waals surface area contributed by atoms with Crippen molar-refractivity contribution in [3.05, 3.63) is 35.9 Å². The molecule has 5 heteroatoms. The molecular formula is C17H26N2O3. The molecule has 1 aliphatic heterocycles. The van der Waals surface area contributed by atoms with Gasteiger partial charge in [0, 0.05) is 39.3 Å². The molecule has 1 aromatic rings. The molecule has 1 atom stereocenters. The lowest BCUT2D eigenvalue weighted by atomic mass is 10.1. The minimum Gasteiger partial charge on any atom is -0.387 e. The van der Waals surface area contributed by atoms with E-state index in [0.29, 0.717) is 26.2 Å². The van der Waals surface area contributed by atoms with Crippen LogP contribution in [0.15, 0.2) is 30.3 Å². The molecule has 0 spiro atoms. The van der Waals surface area contributed by atoms with Crippen molar-refractivity contribution in [3.63, 3.8) is 0 Å². The molecule has 1 heterocycles. The number of hydrogen-bond donors (Lipinski definition) is 1. The van der Waals surface area contributed by atoms with Crippen molar-refractivity contribution < 1.29 is 14.6 Å². The smallest absolute Gasteiger partial charge is 0.224 e. The fraction of sp³-hybridized carbons (Fsp3) is 0.588. The van der Waals surface area contributed by atoms with Gasteiger partial charge in [0.2, 0.25) is 5.91 Å². The molecule has 0 bridgehead atoms. The average molecular weight is 306 g/mol. The first-order valence-electron chi connectivity index (χ1n) is 8.01. The molecule has 1 aliphatic rings. The Kier molecular flexibility index (Phi) is 6.83. The number of aliphatic hydroxyl groups excluding tert-OH is 1. The molecule has 1 fully saturated rings. The van der Waals surface area contributed by atoms with Gasteiger partial charge in [-0.05, 0) is 12.5 Å². The Morgan fingerprint density at radius 3 is 2.55 bits per heavy atom. The predicted molar refractivity (Wildman–Crippen MR) is 85.5 cm³/mol. The third kappa shape index (κ3) is 5.09. The van der Waals surface area contributed by atoms with Crippen molar-refractivity contribution in [2.45, 2.75) is 19.4 Å². The summed E-state index contributed by atoms with van der Waals surface area (Å²) in [6.07, 6.45) is -0.0121. The Morgan fingerprint density at radius 1 is 1.23 bits per heavy atom. The van der Waals surface area contributed by atoms with Gasteiger partial charge in [-0.25, -0.2) is 0 Å². The first-order valence-corrected chi connectivity index (χ1v) is 8.01. The Hall–Kier alpha value is -1.43. The highest BCUT2D eigenvalue weighted by molar-refractivity contribution is 5.76. The van der Waals surface area contributed by atoms with Crippen LogP contribution in [0.5, 0.6) is 0 Å². The van der Waals surface area contributed by atoms with Crippen molar-refractivity contribution in [2.75, 3.05) is 45.9 Å². The Morgan fingerprint density at radius 2 is 1.91 bits per heavy atom. The Labute approximate surface area is 132 Å². The van der Waals surface area contributed by atoms with Crippen LogP contribution in [0.3, 0.4) is 0 Å². The van der Waals surface area contributed by atoms with E-state index in [9.17, 15) is 9.90 Å². The minimum absolute atomic E-state index is 0.164. The number of nitrogens with zero attached hydrogens (tertiary/aromatic N) is 2. The van der Waals surface area contributed by atoms with Crippen LogP contribution in [0.4, 0.5) is 0 Å². The van der Waals surface area contributed by atoms with Gasteiger partial charge in [-0.3, -0.25) is 9.69 Å². The number of hydrogen-bond acceptors (Lipinski definition) is 4. The number of carbonyl (C=O) groups is 1. The highest BCUT2D eigenvalue weighted by atomic mass is 16.5. The van der Waals surface area contributed by atoms with E-state index in [0.717, 1.165) is 31.7 Å². The molecule has 122 valence electrons. The van der Waals surface area contributed by atoms with Crippen molar-refractivity contribution >= 4 is 5.91 Å². The molecule has 22 heavy (non-hydrogen) atoms. The molecule has 1 saturated heterocycles. The van der Waals surface area contributed by atoms with E-state index in [-0.39, 0.29) is 5.91 Å². The number of rotatable bonds is 7. The number of amides is 1. The van der Waals surface area contributed by atoms with E-state index in [1.807, 2.05) is 42.2 Å². The molecule has 1 unspecified atom stereocenters. The summed E-state index contributed by atoms with van der Waals surface area (Å²) in [5, 5.41) is 10.3. The minimum atomic E-state index is -0.471. The van der Waals surface area contributed by atoms with E-state index in [4.69, 9.17) is 4.74 Å². The second kappa shape index (κ2) is 8.88. The van der Waals surface area contributed by atoms with Gasteiger partial charge in [-0.15, -0.1) is 0 Å². The number of ether oxygens (including phenoxy) is 1. The largest absolute Gasteiger partial charge is 0.387 e. The monoisotopic (exact) mass is 306 g/mol. The number of β-amino-alcohol motifs (C(OH)–C–C–N with tert-alkyl or cyclic N) is 1. The third-order valence-electron chi connectivity index (χ3n) is 4.00. The van der Waals surface area contributed by atoms with Gasteiger partial charge in [-0.1, -0.05) is 30.3 Å². The van der Waals surface area contributed by atoms with Crippen LogP contribution in [-0.2, 0) is 9.53 Å². The standard InChI is InChI=1S/C17H26N2O3/c1-2-22-13-8-17(21)19-11-9-18(10-12-19)14-16(20)15-6-4-3-5-7-15/h3-7,16,20H,2,8-14H2,1H3. The van der Waals surface area contributed by atoms with Gasteiger partial charge in [0.25, 0.3) is 0 Å². The maximum Gasteiger partial charge on any atom is 0.224 e. The van der Waals surface area contributed by atoms with Gasteiger partial charge in [0.1, 0.15) is 0 Å². The summed E-state index contributed by atoms with van der Waals surface area (Å²) < 4.78 is 5.23.